The van der Waals surface area contributed by atoms with E-state index in [9.17, 15) is 27.6 Å². The van der Waals surface area contributed by atoms with Crippen molar-refractivity contribution in [3.05, 3.63) is 95.6 Å². The highest BCUT2D eigenvalue weighted by atomic mass is 19.4. The lowest BCUT2D eigenvalue weighted by Crippen LogP contribution is -2.73. The molecule has 0 bridgehead atoms. The summed E-state index contributed by atoms with van der Waals surface area (Å²) >= 11 is 0. The topological polar surface area (TPSA) is 69.7 Å². The fourth-order valence-electron chi connectivity index (χ4n) is 6.27. The fraction of sp³-hybridized carbons (Fsp3) is 0.276. The Bertz CT molecular complexity index is 1430. The van der Waals surface area contributed by atoms with Gasteiger partial charge in [-0.05, 0) is 66.6 Å². The van der Waals surface area contributed by atoms with Gasteiger partial charge in [0.1, 0.15) is 0 Å². The SMILES string of the molecule is O=C1NC(=O)[C@]2(Cc3cc(C(F)(F)F)ccc3N3CC[C@@H](c4ccccc4)C[C@@H]32)C(=O)N1c1ccccc1. The van der Waals surface area contributed by atoms with Gasteiger partial charge in [0.2, 0.25) is 5.91 Å². The second-order valence-corrected chi connectivity index (χ2v) is 10.1. The zero-order valence-corrected chi connectivity index (χ0v) is 20.2. The molecule has 6 nitrogen and oxygen atoms in total. The van der Waals surface area contributed by atoms with Crippen LogP contribution in [0.15, 0.2) is 78.9 Å². The lowest BCUT2D eigenvalue weighted by Gasteiger charge is -2.55. The van der Waals surface area contributed by atoms with Crippen LogP contribution >= 0.6 is 0 Å². The molecule has 0 radical (unpaired) electrons. The van der Waals surface area contributed by atoms with Gasteiger partial charge < -0.3 is 4.90 Å². The third-order valence-corrected chi connectivity index (χ3v) is 8.06. The number of anilines is 2. The van der Waals surface area contributed by atoms with Crippen LogP contribution in [-0.2, 0) is 22.2 Å². The van der Waals surface area contributed by atoms with Crippen LogP contribution in [0.2, 0.25) is 0 Å². The number of para-hydroxylation sites is 1. The Hall–Kier alpha value is -4.14. The number of hydrogen-bond acceptors (Lipinski definition) is 4. The van der Waals surface area contributed by atoms with E-state index in [1.165, 1.54) is 6.07 Å². The molecule has 6 rings (SSSR count). The van der Waals surface area contributed by atoms with Gasteiger partial charge in [-0.15, -0.1) is 0 Å². The van der Waals surface area contributed by atoms with Crippen LogP contribution in [0.4, 0.5) is 29.3 Å². The van der Waals surface area contributed by atoms with E-state index >= 15 is 0 Å². The number of carbonyl (C=O) groups is 3. The zero-order valence-electron chi connectivity index (χ0n) is 20.2. The van der Waals surface area contributed by atoms with Gasteiger partial charge >= 0.3 is 12.2 Å². The van der Waals surface area contributed by atoms with Crippen molar-refractivity contribution in [3.63, 3.8) is 0 Å². The molecule has 38 heavy (non-hydrogen) atoms. The number of piperidine rings is 1. The van der Waals surface area contributed by atoms with Crippen molar-refractivity contribution in [2.75, 3.05) is 16.3 Å². The first kappa shape index (κ1) is 24.2. The van der Waals surface area contributed by atoms with Crippen LogP contribution in [0.5, 0.6) is 0 Å². The maximum absolute atomic E-state index is 14.3. The smallest absolute Gasteiger partial charge is 0.367 e. The van der Waals surface area contributed by atoms with E-state index in [1.807, 2.05) is 35.2 Å². The summed E-state index contributed by atoms with van der Waals surface area (Å²) in [6.07, 6.45) is -3.69. The van der Waals surface area contributed by atoms with Gasteiger partial charge in [-0.1, -0.05) is 48.5 Å². The summed E-state index contributed by atoms with van der Waals surface area (Å²) in [4.78, 5) is 43.8. The summed E-state index contributed by atoms with van der Waals surface area (Å²) < 4.78 is 40.9. The quantitative estimate of drug-likeness (QED) is 0.468. The Labute approximate surface area is 217 Å². The number of carbonyl (C=O) groups excluding carboxylic acids is 3. The summed E-state index contributed by atoms with van der Waals surface area (Å²) in [7, 11) is 0. The van der Waals surface area contributed by atoms with Crippen LogP contribution < -0.4 is 15.1 Å². The Morgan fingerprint density at radius 2 is 1.58 bits per heavy atom. The molecule has 0 unspecified atom stereocenters. The van der Waals surface area contributed by atoms with Crippen molar-refractivity contribution in [1.29, 1.82) is 0 Å². The number of urea groups is 1. The summed E-state index contributed by atoms with van der Waals surface area (Å²) in [5.74, 6) is -1.45. The molecule has 0 aromatic heterocycles. The van der Waals surface area contributed by atoms with Crippen molar-refractivity contribution in [2.24, 2.45) is 5.41 Å². The maximum atomic E-state index is 14.3. The van der Waals surface area contributed by atoms with Crippen molar-refractivity contribution in [2.45, 2.75) is 37.4 Å². The maximum Gasteiger partial charge on any atom is 0.416 e. The summed E-state index contributed by atoms with van der Waals surface area (Å²) in [6.45, 7) is 0.449. The number of fused-ring (bicyclic) bond motifs is 4. The van der Waals surface area contributed by atoms with Crippen LogP contribution in [0.25, 0.3) is 0 Å². The van der Waals surface area contributed by atoms with E-state index in [1.54, 1.807) is 30.3 Å². The monoisotopic (exact) mass is 519 g/mol. The number of imide groups is 2. The minimum Gasteiger partial charge on any atom is -0.367 e. The second-order valence-electron chi connectivity index (χ2n) is 10.1. The molecule has 4 amide bonds. The van der Waals surface area contributed by atoms with E-state index in [0.717, 1.165) is 22.6 Å². The molecular formula is C29H24F3N3O3. The molecular weight excluding hydrogens is 495 g/mol. The number of amides is 4. The lowest BCUT2D eigenvalue weighted by atomic mass is 9.64. The molecule has 2 fully saturated rings. The van der Waals surface area contributed by atoms with Crippen LogP contribution in [0.1, 0.15) is 35.4 Å². The van der Waals surface area contributed by atoms with Crippen LogP contribution in [-0.4, -0.2) is 30.4 Å². The molecule has 3 aliphatic heterocycles. The average Bonchev–Trinajstić information content (AvgIpc) is 2.92. The van der Waals surface area contributed by atoms with E-state index in [0.29, 0.717) is 30.8 Å². The summed E-state index contributed by atoms with van der Waals surface area (Å²) in [5, 5.41) is 2.36. The fourth-order valence-corrected chi connectivity index (χ4v) is 6.27. The van der Waals surface area contributed by atoms with Gasteiger partial charge in [0.25, 0.3) is 5.91 Å². The molecule has 3 aromatic carbocycles. The summed E-state index contributed by atoms with van der Waals surface area (Å²) in [6, 6.07) is 20.0. The highest BCUT2D eigenvalue weighted by Gasteiger charge is 2.63. The second kappa shape index (κ2) is 8.72. The summed E-state index contributed by atoms with van der Waals surface area (Å²) in [5.41, 5.74) is -0.416. The molecule has 9 heteroatoms. The molecule has 0 saturated carbocycles. The number of barbiturate groups is 1. The third kappa shape index (κ3) is 3.68. The number of nitrogens with zero attached hydrogens (tertiary/aromatic N) is 2. The molecule has 3 aliphatic rings. The zero-order chi connectivity index (χ0) is 26.7. The van der Waals surface area contributed by atoms with Crippen molar-refractivity contribution in [1.82, 2.24) is 5.32 Å². The van der Waals surface area contributed by atoms with E-state index in [-0.39, 0.29) is 17.9 Å². The first-order valence-corrected chi connectivity index (χ1v) is 12.5. The Morgan fingerprint density at radius 1 is 0.895 bits per heavy atom. The van der Waals surface area contributed by atoms with E-state index in [4.69, 9.17) is 0 Å². The predicted molar refractivity (Wildman–Crippen MR) is 135 cm³/mol. The molecule has 3 aromatic rings. The Kier molecular flexibility index (Phi) is 5.55. The number of nitrogens with one attached hydrogen (secondary N) is 1. The standard InChI is InChI=1S/C29H24F3N3O3/c30-29(31,32)21-11-12-23-20(15-21)17-28(24-16-19(13-14-34(23)24)18-7-3-1-4-8-18)25(36)33-27(38)35(26(28)37)22-9-5-2-6-10-22/h1-12,15,19,24H,13-14,16-17H2,(H,33,36,38)/t19-,24-,28-/m1/s1. The van der Waals surface area contributed by atoms with Gasteiger partial charge in [0.15, 0.2) is 5.41 Å². The molecule has 3 heterocycles. The minimum atomic E-state index is -4.58. The Morgan fingerprint density at radius 3 is 2.26 bits per heavy atom. The third-order valence-electron chi connectivity index (χ3n) is 8.06. The van der Waals surface area contributed by atoms with E-state index < -0.39 is 41.0 Å². The average molecular weight is 520 g/mol. The first-order valence-electron chi connectivity index (χ1n) is 12.5. The van der Waals surface area contributed by atoms with Crippen LogP contribution in [0, 0.1) is 5.41 Å². The highest BCUT2D eigenvalue weighted by Crippen LogP contribution is 2.51. The lowest BCUT2D eigenvalue weighted by molar-refractivity contribution is -0.145. The Balaban J connectivity index is 1.51. The van der Waals surface area contributed by atoms with E-state index in [2.05, 4.69) is 5.32 Å². The molecule has 1 N–H and O–H groups in total. The van der Waals surface area contributed by atoms with Gasteiger partial charge in [-0.25, -0.2) is 9.69 Å². The van der Waals surface area contributed by atoms with Gasteiger partial charge in [-0.3, -0.25) is 14.9 Å². The van der Waals surface area contributed by atoms with Gasteiger partial charge in [-0.2, -0.15) is 13.2 Å². The van der Waals surface area contributed by atoms with Gasteiger partial charge in [0.05, 0.1) is 17.3 Å². The molecule has 194 valence electrons. The molecule has 3 atom stereocenters. The normalized spacial score (nSPS) is 25.2. The van der Waals surface area contributed by atoms with Crippen molar-refractivity contribution >= 4 is 29.2 Å². The van der Waals surface area contributed by atoms with Crippen molar-refractivity contribution < 1.29 is 27.6 Å². The molecule has 1 spiro atoms. The number of halogens is 3. The van der Waals surface area contributed by atoms with Gasteiger partial charge in [0, 0.05) is 12.2 Å². The van der Waals surface area contributed by atoms with Crippen LogP contribution in [0.3, 0.4) is 0 Å². The highest BCUT2D eigenvalue weighted by molar-refractivity contribution is 6.30. The van der Waals surface area contributed by atoms with Crippen molar-refractivity contribution in [3.8, 4) is 0 Å². The molecule has 2 saturated heterocycles. The number of benzene rings is 3. The predicted octanol–water partition coefficient (Wildman–Crippen LogP) is 5.28. The number of rotatable bonds is 2. The minimum absolute atomic E-state index is 0.0359. The number of hydrogen-bond donors (Lipinski definition) is 1. The first-order chi connectivity index (χ1) is 18.2. The molecule has 0 aliphatic carbocycles. The number of alkyl halides is 3. The largest absolute Gasteiger partial charge is 0.416 e.